The molecule has 0 atom stereocenters. The molecule has 10 aromatic carbocycles. The number of furan rings is 1. The number of fused-ring (bicyclic) bond motifs is 8. The molecule has 12 rings (SSSR count). The Morgan fingerprint density at radius 2 is 0.905 bits per heavy atom. The number of anilines is 3. The average molecular weight is 806 g/mol. The van der Waals surface area contributed by atoms with Gasteiger partial charge in [0.1, 0.15) is 11.2 Å². The molecule has 1 aromatic heterocycles. The number of nitrogens with zero attached hydrogens (tertiary/aromatic N) is 1. The first-order valence-corrected chi connectivity index (χ1v) is 21.8. The summed E-state index contributed by atoms with van der Waals surface area (Å²) in [7, 11) is 0. The van der Waals surface area contributed by atoms with Crippen molar-refractivity contribution in [2.75, 3.05) is 4.90 Å². The summed E-state index contributed by atoms with van der Waals surface area (Å²) in [6, 6.07) is 81.6. The van der Waals surface area contributed by atoms with Crippen LogP contribution in [0.4, 0.5) is 17.1 Å². The fourth-order valence-electron chi connectivity index (χ4n) is 10.1. The van der Waals surface area contributed by atoms with E-state index in [9.17, 15) is 0 Å². The summed E-state index contributed by atoms with van der Waals surface area (Å²) in [6.45, 7) is 4.72. The first-order valence-electron chi connectivity index (χ1n) is 21.8. The quantitative estimate of drug-likeness (QED) is 0.160. The Balaban J connectivity index is 1.13. The van der Waals surface area contributed by atoms with E-state index in [4.69, 9.17) is 4.42 Å². The SMILES string of the molecule is CC1(C)c2ccccc2-c2ccc(N(c3cc(-c4ccccc4)cc(-c4ccccc4)c3)c3cccc4oc5c6ccccc6c(-c6ccc(-c7ccccc7)cc6)cc5c34)cc21. The third kappa shape index (κ3) is 6.09. The van der Waals surface area contributed by atoms with Crippen LogP contribution in [0.15, 0.2) is 229 Å². The van der Waals surface area contributed by atoms with Gasteiger partial charge in [0.05, 0.1) is 11.1 Å². The second-order valence-corrected chi connectivity index (χ2v) is 17.3. The van der Waals surface area contributed by atoms with Crippen LogP contribution in [0.1, 0.15) is 25.0 Å². The molecule has 11 aromatic rings. The minimum absolute atomic E-state index is 0.174. The maximum atomic E-state index is 7.00. The third-order valence-corrected chi connectivity index (χ3v) is 13.2. The Bertz CT molecular complexity index is 3450. The predicted octanol–water partition coefficient (Wildman–Crippen LogP) is 17.2. The Morgan fingerprint density at radius 1 is 0.349 bits per heavy atom. The monoisotopic (exact) mass is 805 g/mol. The van der Waals surface area contributed by atoms with Gasteiger partial charge in [-0.1, -0.05) is 190 Å². The van der Waals surface area contributed by atoms with Crippen LogP contribution in [-0.4, -0.2) is 0 Å². The third-order valence-electron chi connectivity index (χ3n) is 13.2. The van der Waals surface area contributed by atoms with Gasteiger partial charge in [-0.05, 0) is 121 Å². The van der Waals surface area contributed by atoms with Gasteiger partial charge >= 0.3 is 0 Å². The molecule has 0 radical (unpaired) electrons. The first kappa shape index (κ1) is 36.9. The molecule has 1 aliphatic rings. The van der Waals surface area contributed by atoms with E-state index >= 15 is 0 Å². The van der Waals surface area contributed by atoms with E-state index in [1.807, 2.05) is 0 Å². The van der Waals surface area contributed by atoms with Gasteiger partial charge in [-0.15, -0.1) is 0 Å². The minimum atomic E-state index is -0.174. The lowest BCUT2D eigenvalue weighted by Gasteiger charge is -2.29. The first-order chi connectivity index (χ1) is 31.0. The van der Waals surface area contributed by atoms with Crippen molar-refractivity contribution in [2.24, 2.45) is 0 Å². The molecule has 0 saturated heterocycles. The molecule has 0 unspecified atom stereocenters. The molecule has 0 N–H and O–H groups in total. The van der Waals surface area contributed by atoms with Crippen LogP contribution < -0.4 is 4.90 Å². The lowest BCUT2D eigenvalue weighted by atomic mass is 9.82. The molecular formula is C61H43NO. The van der Waals surface area contributed by atoms with Crippen molar-refractivity contribution in [1.29, 1.82) is 0 Å². The summed E-state index contributed by atoms with van der Waals surface area (Å²) < 4.78 is 7.00. The van der Waals surface area contributed by atoms with Crippen LogP contribution in [-0.2, 0) is 5.41 Å². The largest absolute Gasteiger partial charge is 0.455 e. The molecule has 0 spiro atoms. The molecule has 0 amide bonds. The molecule has 63 heavy (non-hydrogen) atoms. The number of rotatable bonds is 7. The second kappa shape index (κ2) is 14.6. The van der Waals surface area contributed by atoms with Crippen molar-refractivity contribution in [3.05, 3.63) is 236 Å². The van der Waals surface area contributed by atoms with Gasteiger partial charge in [0, 0.05) is 27.6 Å². The molecule has 0 fully saturated rings. The number of hydrogen-bond donors (Lipinski definition) is 0. The average Bonchev–Trinajstić information content (AvgIpc) is 3.84. The molecule has 1 heterocycles. The van der Waals surface area contributed by atoms with Crippen LogP contribution in [0.25, 0.3) is 88.3 Å². The summed E-state index contributed by atoms with van der Waals surface area (Å²) in [5, 5.41) is 4.43. The maximum Gasteiger partial charge on any atom is 0.143 e. The zero-order valence-electron chi connectivity index (χ0n) is 35.2. The Hall–Kier alpha value is -7.94. The van der Waals surface area contributed by atoms with Crippen LogP contribution in [0, 0.1) is 0 Å². The molecule has 1 aliphatic carbocycles. The van der Waals surface area contributed by atoms with Gasteiger partial charge < -0.3 is 9.32 Å². The fourth-order valence-corrected chi connectivity index (χ4v) is 10.1. The van der Waals surface area contributed by atoms with Crippen molar-refractivity contribution in [2.45, 2.75) is 19.3 Å². The van der Waals surface area contributed by atoms with E-state index in [-0.39, 0.29) is 5.41 Å². The molecule has 2 heteroatoms. The summed E-state index contributed by atoms with van der Waals surface area (Å²) in [5.41, 5.74) is 19.5. The molecule has 0 bridgehead atoms. The van der Waals surface area contributed by atoms with Crippen molar-refractivity contribution in [3.8, 4) is 55.6 Å². The Morgan fingerprint density at radius 3 is 1.59 bits per heavy atom. The molecular weight excluding hydrogens is 763 g/mol. The lowest BCUT2D eigenvalue weighted by molar-refractivity contribution is 0.660. The highest BCUT2D eigenvalue weighted by Crippen LogP contribution is 2.52. The van der Waals surface area contributed by atoms with Gasteiger partial charge in [-0.25, -0.2) is 0 Å². The van der Waals surface area contributed by atoms with E-state index in [0.717, 1.165) is 55.5 Å². The maximum absolute atomic E-state index is 7.00. The van der Waals surface area contributed by atoms with Crippen LogP contribution in [0.3, 0.4) is 0 Å². The van der Waals surface area contributed by atoms with E-state index in [1.165, 1.54) is 61.0 Å². The van der Waals surface area contributed by atoms with Gasteiger partial charge in [-0.3, -0.25) is 0 Å². The number of hydrogen-bond acceptors (Lipinski definition) is 2. The Labute approximate surface area is 368 Å². The van der Waals surface area contributed by atoms with Crippen molar-refractivity contribution in [3.63, 3.8) is 0 Å². The summed E-state index contributed by atoms with van der Waals surface area (Å²) in [4.78, 5) is 2.47. The fraction of sp³-hybridized carbons (Fsp3) is 0.0492. The van der Waals surface area contributed by atoms with Gasteiger partial charge in [0.15, 0.2) is 0 Å². The Kier molecular flexibility index (Phi) is 8.55. The van der Waals surface area contributed by atoms with Gasteiger partial charge in [0.2, 0.25) is 0 Å². The van der Waals surface area contributed by atoms with E-state index in [2.05, 4.69) is 243 Å². The smallest absolute Gasteiger partial charge is 0.143 e. The van der Waals surface area contributed by atoms with Gasteiger partial charge in [-0.2, -0.15) is 0 Å². The predicted molar refractivity (Wildman–Crippen MR) is 265 cm³/mol. The lowest BCUT2D eigenvalue weighted by Crippen LogP contribution is -2.16. The molecule has 2 nitrogen and oxygen atoms in total. The van der Waals surface area contributed by atoms with Gasteiger partial charge in [0.25, 0.3) is 0 Å². The topological polar surface area (TPSA) is 16.4 Å². The van der Waals surface area contributed by atoms with Crippen molar-refractivity contribution >= 4 is 49.8 Å². The van der Waals surface area contributed by atoms with Crippen LogP contribution in [0.2, 0.25) is 0 Å². The van der Waals surface area contributed by atoms with Crippen LogP contribution in [0.5, 0.6) is 0 Å². The molecule has 0 saturated carbocycles. The highest BCUT2D eigenvalue weighted by molar-refractivity contribution is 6.22. The van der Waals surface area contributed by atoms with Crippen molar-refractivity contribution in [1.82, 2.24) is 0 Å². The highest BCUT2D eigenvalue weighted by Gasteiger charge is 2.36. The second-order valence-electron chi connectivity index (χ2n) is 17.3. The summed E-state index contributed by atoms with van der Waals surface area (Å²) >= 11 is 0. The summed E-state index contributed by atoms with van der Waals surface area (Å²) in [5.74, 6) is 0. The van der Waals surface area contributed by atoms with E-state index in [0.29, 0.717) is 0 Å². The zero-order valence-corrected chi connectivity index (χ0v) is 35.2. The van der Waals surface area contributed by atoms with Crippen molar-refractivity contribution < 1.29 is 4.42 Å². The summed E-state index contributed by atoms with van der Waals surface area (Å²) in [6.07, 6.45) is 0. The van der Waals surface area contributed by atoms with E-state index < -0.39 is 0 Å². The highest BCUT2D eigenvalue weighted by atomic mass is 16.3. The standard InChI is InChI=1S/C61H43NO/c1-61(2)55-26-15-14-24-50(55)51-34-33-47(38-56(51)61)62(48-36-45(41-19-8-4-9-20-41)35-46(37-48)42-21-10-5-11-22-42)57-27-16-28-58-59(57)54-39-53(49-23-12-13-25-52(49)60(54)63-58)44-31-29-43(30-32-44)40-17-6-3-7-18-40/h3-39H,1-2H3. The van der Waals surface area contributed by atoms with Crippen LogP contribution >= 0.6 is 0 Å². The molecule has 0 aliphatic heterocycles. The molecule has 298 valence electrons. The minimum Gasteiger partial charge on any atom is -0.455 e. The number of benzene rings is 10. The van der Waals surface area contributed by atoms with E-state index in [1.54, 1.807) is 0 Å². The normalized spacial score (nSPS) is 12.7. The zero-order chi connectivity index (χ0) is 42.1.